The average molecular weight is 548 g/mol. The zero-order valence-corrected chi connectivity index (χ0v) is 20.6. The standard InChI is InChI=1S/C19H26BrN5O5S2/c20-11-14(26)21-7-9-31-32-10-8-24-17(27)12-1-3-13(4-2-12)25-18(28)15-16(19(29)30)23-6-5-22-15/h5-6,12-13H,1-4,7-11H2,(H,21,26)(H,24,27)(H,25,28)(H,29,30). The summed E-state index contributed by atoms with van der Waals surface area (Å²) in [7, 11) is 3.30. The molecule has 1 saturated carbocycles. The van der Waals surface area contributed by atoms with Gasteiger partial charge in [-0.25, -0.2) is 14.8 Å². The second-order valence-electron chi connectivity index (χ2n) is 7.00. The molecule has 1 fully saturated rings. The number of nitrogens with zero attached hydrogens (tertiary/aromatic N) is 2. The summed E-state index contributed by atoms with van der Waals surface area (Å²) in [4.78, 5) is 54.6. The van der Waals surface area contributed by atoms with Gasteiger partial charge >= 0.3 is 5.97 Å². The first-order valence-corrected chi connectivity index (χ1v) is 13.7. The van der Waals surface area contributed by atoms with E-state index in [0.717, 1.165) is 11.5 Å². The van der Waals surface area contributed by atoms with Gasteiger partial charge in [-0.05, 0) is 25.7 Å². The van der Waals surface area contributed by atoms with Gasteiger partial charge in [-0.15, -0.1) is 0 Å². The molecule has 1 heterocycles. The SMILES string of the molecule is O=C(CBr)NCCSSCCNC(=O)C1CCC(NC(=O)c2nccnc2C(=O)O)CC1. The molecule has 0 unspecified atom stereocenters. The predicted octanol–water partition coefficient (Wildman–Crippen LogP) is 1.47. The molecule has 32 heavy (non-hydrogen) atoms. The number of carbonyl (C=O) groups excluding carboxylic acids is 3. The normalized spacial score (nSPS) is 17.9. The lowest BCUT2D eigenvalue weighted by Gasteiger charge is -2.28. The van der Waals surface area contributed by atoms with Crippen molar-refractivity contribution in [2.45, 2.75) is 31.7 Å². The number of alkyl halides is 1. The maximum absolute atomic E-state index is 12.4. The van der Waals surface area contributed by atoms with Crippen molar-refractivity contribution in [3.63, 3.8) is 0 Å². The van der Waals surface area contributed by atoms with Crippen LogP contribution < -0.4 is 16.0 Å². The topological polar surface area (TPSA) is 150 Å². The Hall–Kier alpha value is -1.86. The van der Waals surface area contributed by atoms with Crippen molar-refractivity contribution >= 4 is 61.2 Å². The fourth-order valence-corrected chi connectivity index (χ4v) is 5.18. The molecule has 0 radical (unpaired) electrons. The van der Waals surface area contributed by atoms with Gasteiger partial charge in [0.05, 0.1) is 5.33 Å². The van der Waals surface area contributed by atoms with Crippen molar-refractivity contribution in [3.05, 3.63) is 23.8 Å². The van der Waals surface area contributed by atoms with E-state index in [1.807, 2.05) is 0 Å². The number of nitrogens with one attached hydrogen (secondary N) is 3. The Morgan fingerprint density at radius 1 is 0.969 bits per heavy atom. The Labute approximate surface area is 202 Å². The number of rotatable bonds is 12. The molecule has 13 heteroatoms. The number of carboxylic acids is 1. The lowest BCUT2D eigenvalue weighted by Crippen LogP contribution is -2.41. The molecule has 10 nitrogen and oxygen atoms in total. The number of carboxylic acid groups (broad SMARTS) is 1. The highest BCUT2D eigenvalue weighted by Gasteiger charge is 2.28. The van der Waals surface area contributed by atoms with E-state index in [2.05, 4.69) is 41.8 Å². The van der Waals surface area contributed by atoms with E-state index in [9.17, 15) is 19.2 Å². The van der Waals surface area contributed by atoms with Crippen LogP contribution in [0.3, 0.4) is 0 Å². The number of hydrogen-bond acceptors (Lipinski definition) is 8. The van der Waals surface area contributed by atoms with E-state index in [0.29, 0.717) is 44.1 Å². The van der Waals surface area contributed by atoms with Gasteiger partial charge in [0.2, 0.25) is 11.8 Å². The van der Waals surface area contributed by atoms with E-state index in [1.165, 1.54) is 12.4 Å². The summed E-state index contributed by atoms with van der Waals surface area (Å²) in [5.41, 5.74) is -0.585. The lowest BCUT2D eigenvalue weighted by molar-refractivity contribution is -0.126. The van der Waals surface area contributed by atoms with E-state index in [4.69, 9.17) is 5.11 Å². The highest BCUT2D eigenvalue weighted by molar-refractivity contribution is 9.09. The Kier molecular flexibility index (Phi) is 11.8. The predicted molar refractivity (Wildman–Crippen MR) is 127 cm³/mol. The summed E-state index contributed by atoms with van der Waals surface area (Å²) in [5, 5.41) is 18.0. The van der Waals surface area contributed by atoms with Gasteiger partial charge in [-0.2, -0.15) is 0 Å². The van der Waals surface area contributed by atoms with Crippen molar-refractivity contribution < 1.29 is 24.3 Å². The molecule has 3 amide bonds. The Morgan fingerprint density at radius 2 is 1.56 bits per heavy atom. The minimum Gasteiger partial charge on any atom is -0.476 e. The molecule has 4 N–H and O–H groups in total. The van der Waals surface area contributed by atoms with Crippen LogP contribution in [0.25, 0.3) is 0 Å². The van der Waals surface area contributed by atoms with Crippen LogP contribution in [0.15, 0.2) is 12.4 Å². The van der Waals surface area contributed by atoms with Crippen LogP contribution >= 0.6 is 37.5 Å². The van der Waals surface area contributed by atoms with Crippen LogP contribution in [-0.2, 0) is 9.59 Å². The second-order valence-corrected chi connectivity index (χ2v) is 10.3. The first-order valence-electron chi connectivity index (χ1n) is 10.1. The number of carbonyl (C=O) groups is 4. The molecule has 0 atom stereocenters. The zero-order valence-electron chi connectivity index (χ0n) is 17.3. The third-order valence-corrected chi connectivity index (χ3v) is 7.66. The number of aromatic carboxylic acids is 1. The van der Waals surface area contributed by atoms with Gasteiger partial charge in [-0.3, -0.25) is 14.4 Å². The number of halogens is 1. The van der Waals surface area contributed by atoms with Gasteiger partial charge in [0.25, 0.3) is 5.91 Å². The maximum Gasteiger partial charge on any atom is 0.356 e. The smallest absolute Gasteiger partial charge is 0.356 e. The quantitative estimate of drug-likeness (QED) is 0.173. The molecule has 0 saturated heterocycles. The second kappa shape index (κ2) is 14.3. The van der Waals surface area contributed by atoms with Crippen LogP contribution in [0.1, 0.15) is 46.7 Å². The average Bonchev–Trinajstić information content (AvgIpc) is 2.80. The maximum atomic E-state index is 12.4. The molecule has 1 aliphatic rings. The van der Waals surface area contributed by atoms with E-state index >= 15 is 0 Å². The van der Waals surface area contributed by atoms with Gasteiger partial charge in [0.15, 0.2) is 11.4 Å². The fraction of sp³-hybridized carbons (Fsp3) is 0.579. The molecule has 176 valence electrons. The van der Waals surface area contributed by atoms with Crippen molar-refractivity contribution in [2.75, 3.05) is 29.9 Å². The molecule has 0 bridgehead atoms. The monoisotopic (exact) mass is 547 g/mol. The largest absolute Gasteiger partial charge is 0.476 e. The van der Waals surface area contributed by atoms with Gasteiger partial charge in [0, 0.05) is 48.9 Å². The lowest BCUT2D eigenvalue weighted by atomic mass is 9.85. The third-order valence-electron chi connectivity index (χ3n) is 4.75. The summed E-state index contributed by atoms with van der Waals surface area (Å²) < 4.78 is 0. The van der Waals surface area contributed by atoms with Crippen molar-refractivity contribution in [1.82, 2.24) is 25.9 Å². The molecule has 1 aromatic heterocycles. The van der Waals surface area contributed by atoms with Crippen molar-refractivity contribution in [1.29, 1.82) is 0 Å². The Bertz CT molecular complexity index is 808. The highest BCUT2D eigenvalue weighted by atomic mass is 79.9. The minimum absolute atomic E-state index is 0.0204. The molecule has 2 rings (SSSR count). The number of amides is 3. The summed E-state index contributed by atoms with van der Waals surface area (Å²) >= 11 is 3.09. The van der Waals surface area contributed by atoms with Crippen LogP contribution in [0.4, 0.5) is 0 Å². The first kappa shape index (κ1) is 26.4. The van der Waals surface area contributed by atoms with Crippen LogP contribution in [-0.4, -0.2) is 74.7 Å². The molecule has 0 aromatic carbocycles. The van der Waals surface area contributed by atoms with Gasteiger partial charge in [-0.1, -0.05) is 37.5 Å². The van der Waals surface area contributed by atoms with Crippen molar-refractivity contribution in [2.24, 2.45) is 5.92 Å². The zero-order chi connectivity index (χ0) is 23.3. The fourth-order valence-electron chi connectivity index (χ4n) is 3.17. The summed E-state index contributed by atoms with van der Waals surface area (Å²) in [6.45, 7) is 1.19. The van der Waals surface area contributed by atoms with Gasteiger partial charge < -0.3 is 21.1 Å². The molecule has 0 aliphatic heterocycles. The molecular weight excluding hydrogens is 522 g/mol. The first-order chi connectivity index (χ1) is 15.4. The Balaban J connectivity index is 1.61. The summed E-state index contributed by atoms with van der Waals surface area (Å²) in [5.74, 6) is -0.394. The van der Waals surface area contributed by atoms with E-state index in [1.54, 1.807) is 21.6 Å². The van der Waals surface area contributed by atoms with Crippen LogP contribution in [0.5, 0.6) is 0 Å². The number of hydrogen-bond donors (Lipinski definition) is 4. The van der Waals surface area contributed by atoms with Crippen LogP contribution in [0, 0.1) is 5.92 Å². The van der Waals surface area contributed by atoms with E-state index < -0.39 is 11.9 Å². The van der Waals surface area contributed by atoms with Crippen LogP contribution in [0.2, 0.25) is 0 Å². The minimum atomic E-state index is -1.30. The molecule has 1 aliphatic carbocycles. The molecular formula is C19H26BrN5O5S2. The van der Waals surface area contributed by atoms with Gasteiger partial charge in [0.1, 0.15) is 0 Å². The molecule has 1 aromatic rings. The summed E-state index contributed by atoms with van der Waals surface area (Å²) in [6.07, 6.45) is 5.08. The molecule has 0 spiro atoms. The van der Waals surface area contributed by atoms with E-state index in [-0.39, 0.29) is 35.2 Å². The van der Waals surface area contributed by atoms with Crippen molar-refractivity contribution in [3.8, 4) is 0 Å². The number of aromatic nitrogens is 2. The highest BCUT2D eigenvalue weighted by Crippen LogP contribution is 2.25. The Morgan fingerprint density at radius 3 is 2.16 bits per heavy atom. The summed E-state index contributed by atoms with van der Waals surface area (Å²) in [6, 6.07) is -0.132. The third kappa shape index (κ3) is 8.94.